The summed E-state index contributed by atoms with van der Waals surface area (Å²) in [5, 5.41) is 15.4. The summed E-state index contributed by atoms with van der Waals surface area (Å²) in [6, 6.07) is 16.3. The third kappa shape index (κ3) is 3.43. The molecule has 2 amide bonds. The first-order valence-corrected chi connectivity index (χ1v) is 12.5. The molecule has 0 heterocycles. The van der Waals surface area contributed by atoms with Crippen LogP contribution in [0.3, 0.4) is 0 Å². The van der Waals surface area contributed by atoms with E-state index in [0.717, 1.165) is 30.4 Å². The maximum Gasteiger partial charge on any atom is 0.407 e. The van der Waals surface area contributed by atoms with Gasteiger partial charge in [0.25, 0.3) is 0 Å². The van der Waals surface area contributed by atoms with Gasteiger partial charge < -0.3 is 20.5 Å². The average molecular weight is 475 g/mol. The highest BCUT2D eigenvalue weighted by Gasteiger charge is 2.74. The van der Waals surface area contributed by atoms with Crippen molar-refractivity contribution in [1.29, 1.82) is 0 Å². The van der Waals surface area contributed by atoms with Crippen LogP contribution in [0.2, 0.25) is 0 Å². The van der Waals surface area contributed by atoms with E-state index in [2.05, 4.69) is 34.9 Å². The fourth-order valence-electron chi connectivity index (χ4n) is 6.36. The third-order valence-electron chi connectivity index (χ3n) is 9.05. The van der Waals surface area contributed by atoms with E-state index in [4.69, 9.17) is 4.74 Å². The highest BCUT2D eigenvalue weighted by Crippen LogP contribution is 2.73. The van der Waals surface area contributed by atoms with Crippen molar-refractivity contribution in [2.75, 3.05) is 19.7 Å². The molecule has 4 aliphatic carbocycles. The predicted molar refractivity (Wildman–Crippen MR) is 129 cm³/mol. The summed E-state index contributed by atoms with van der Waals surface area (Å²) in [7, 11) is 0. The minimum atomic E-state index is -0.808. The smallest absolute Gasteiger partial charge is 0.407 e. The number of hydrogen-bond acceptors (Lipinski definition) is 4. The summed E-state index contributed by atoms with van der Waals surface area (Å²) in [5.41, 5.74) is 3.06. The van der Waals surface area contributed by atoms with Gasteiger partial charge in [0, 0.05) is 19.0 Å². The highest BCUT2D eigenvalue weighted by molar-refractivity contribution is 5.88. The van der Waals surface area contributed by atoms with Crippen molar-refractivity contribution >= 4 is 18.0 Å². The second-order valence-electron chi connectivity index (χ2n) is 10.8. The SMILES string of the molecule is O=C(NCC1(C(=O)NCC2(C(=O)O)CC23CCC3)CC1)OCC1c2ccccc2-c2ccccc21. The van der Waals surface area contributed by atoms with Crippen molar-refractivity contribution in [2.24, 2.45) is 16.2 Å². The van der Waals surface area contributed by atoms with Crippen LogP contribution in [0, 0.1) is 16.2 Å². The fourth-order valence-corrected chi connectivity index (χ4v) is 6.36. The molecule has 3 saturated carbocycles. The van der Waals surface area contributed by atoms with Gasteiger partial charge in [0.1, 0.15) is 6.61 Å². The number of carboxylic acids is 1. The molecule has 182 valence electrons. The lowest BCUT2D eigenvalue weighted by molar-refractivity contribution is -0.146. The van der Waals surface area contributed by atoms with Crippen molar-refractivity contribution < 1.29 is 24.2 Å². The summed E-state index contributed by atoms with van der Waals surface area (Å²) in [6.45, 7) is 0.594. The number of rotatable bonds is 8. The predicted octanol–water partition coefficient (Wildman–Crippen LogP) is 4.07. The number of benzene rings is 2. The zero-order chi connectivity index (χ0) is 24.3. The van der Waals surface area contributed by atoms with Gasteiger partial charge in [-0.3, -0.25) is 9.59 Å². The van der Waals surface area contributed by atoms with Crippen LogP contribution in [0.5, 0.6) is 0 Å². The first-order chi connectivity index (χ1) is 16.9. The van der Waals surface area contributed by atoms with E-state index in [1.165, 1.54) is 11.1 Å². The standard InChI is InChI=1S/C28H30N2O5/c31-23(29-17-28(24(32)33)15-27(28)10-5-11-27)26(12-13-26)16-30-25(34)35-14-22-20-8-3-1-6-18(20)19-7-2-4-9-21(19)22/h1-4,6-9,22H,5,10-17H2,(H,29,31)(H,30,34)(H,32,33). The molecule has 2 aromatic rings. The number of carbonyl (C=O) groups is 3. The van der Waals surface area contributed by atoms with E-state index in [1.54, 1.807) is 0 Å². The lowest BCUT2D eigenvalue weighted by Gasteiger charge is -2.31. The Kier molecular flexibility index (Phi) is 4.95. The monoisotopic (exact) mass is 474 g/mol. The molecule has 35 heavy (non-hydrogen) atoms. The van der Waals surface area contributed by atoms with Crippen molar-refractivity contribution in [3.63, 3.8) is 0 Å². The first kappa shape index (κ1) is 22.1. The number of ether oxygens (including phenoxy) is 1. The number of carboxylic acid groups (broad SMARTS) is 1. The van der Waals surface area contributed by atoms with Gasteiger partial charge in [0.05, 0.1) is 10.8 Å². The molecule has 0 bridgehead atoms. The molecule has 1 atom stereocenters. The molecular weight excluding hydrogens is 444 g/mol. The summed E-state index contributed by atoms with van der Waals surface area (Å²) in [5.74, 6) is -0.992. The molecule has 4 aliphatic rings. The normalized spacial score (nSPS) is 24.0. The Morgan fingerprint density at radius 1 is 0.886 bits per heavy atom. The van der Waals surface area contributed by atoms with Gasteiger partial charge in [-0.25, -0.2) is 4.79 Å². The minimum Gasteiger partial charge on any atom is -0.481 e. The topological polar surface area (TPSA) is 105 Å². The van der Waals surface area contributed by atoms with Crippen molar-refractivity contribution in [2.45, 2.75) is 44.4 Å². The third-order valence-corrected chi connectivity index (χ3v) is 9.05. The lowest BCUT2D eigenvalue weighted by Crippen LogP contribution is -2.45. The zero-order valence-corrected chi connectivity index (χ0v) is 19.6. The maximum atomic E-state index is 12.9. The van der Waals surface area contributed by atoms with Gasteiger partial charge in [0.15, 0.2) is 0 Å². The lowest BCUT2D eigenvalue weighted by atomic mass is 9.75. The molecule has 0 radical (unpaired) electrons. The Morgan fingerprint density at radius 2 is 1.51 bits per heavy atom. The van der Waals surface area contributed by atoms with Gasteiger partial charge in [-0.2, -0.15) is 0 Å². The van der Waals surface area contributed by atoms with Crippen LogP contribution in [-0.2, 0) is 14.3 Å². The zero-order valence-electron chi connectivity index (χ0n) is 19.6. The van der Waals surface area contributed by atoms with E-state index in [9.17, 15) is 19.5 Å². The number of nitrogens with one attached hydrogen (secondary N) is 2. The molecule has 0 aromatic heterocycles. The molecule has 7 heteroatoms. The van der Waals surface area contributed by atoms with E-state index in [0.29, 0.717) is 19.3 Å². The van der Waals surface area contributed by atoms with Gasteiger partial charge in [-0.15, -0.1) is 0 Å². The fraction of sp³-hybridized carbons (Fsp3) is 0.464. The summed E-state index contributed by atoms with van der Waals surface area (Å²) in [4.78, 5) is 37.3. The molecule has 6 rings (SSSR count). The van der Waals surface area contributed by atoms with Crippen LogP contribution in [-0.4, -0.2) is 42.8 Å². The number of aliphatic carboxylic acids is 1. The second-order valence-corrected chi connectivity index (χ2v) is 10.8. The number of fused-ring (bicyclic) bond motifs is 3. The summed E-state index contributed by atoms with van der Waals surface area (Å²) >= 11 is 0. The van der Waals surface area contributed by atoms with Gasteiger partial charge in [0.2, 0.25) is 5.91 Å². The number of hydrogen-bond donors (Lipinski definition) is 3. The van der Waals surface area contributed by atoms with Gasteiger partial charge >= 0.3 is 12.1 Å². The molecule has 0 saturated heterocycles. The average Bonchev–Trinajstić information content (AvgIpc) is 3.74. The first-order valence-electron chi connectivity index (χ1n) is 12.5. The van der Waals surface area contributed by atoms with Crippen LogP contribution in [0.1, 0.15) is 55.6 Å². The summed E-state index contributed by atoms with van der Waals surface area (Å²) < 4.78 is 5.59. The van der Waals surface area contributed by atoms with E-state index >= 15 is 0 Å². The van der Waals surface area contributed by atoms with Gasteiger partial charge in [-0.05, 0) is 59.8 Å². The Morgan fingerprint density at radius 3 is 2.03 bits per heavy atom. The van der Waals surface area contributed by atoms with Crippen LogP contribution in [0.4, 0.5) is 4.79 Å². The van der Waals surface area contributed by atoms with E-state index < -0.39 is 22.9 Å². The highest BCUT2D eigenvalue weighted by atomic mass is 16.5. The van der Waals surface area contributed by atoms with Crippen LogP contribution in [0.15, 0.2) is 48.5 Å². The van der Waals surface area contributed by atoms with Crippen LogP contribution in [0.25, 0.3) is 11.1 Å². The van der Waals surface area contributed by atoms with Gasteiger partial charge in [-0.1, -0.05) is 55.0 Å². The Balaban J connectivity index is 1.02. The molecule has 0 aliphatic heterocycles. The van der Waals surface area contributed by atoms with E-state index in [1.807, 2.05) is 24.3 Å². The minimum absolute atomic E-state index is 0.0177. The van der Waals surface area contributed by atoms with Crippen LogP contribution < -0.4 is 10.6 Å². The Hall–Kier alpha value is -3.35. The number of alkyl carbamates (subject to hydrolysis) is 1. The second kappa shape index (κ2) is 7.83. The number of amides is 2. The molecule has 3 N–H and O–H groups in total. The van der Waals surface area contributed by atoms with Crippen molar-refractivity contribution in [1.82, 2.24) is 10.6 Å². The summed E-state index contributed by atoms with van der Waals surface area (Å²) in [6.07, 6.45) is 4.40. The molecule has 2 aromatic carbocycles. The van der Waals surface area contributed by atoms with Crippen LogP contribution >= 0.6 is 0 Å². The maximum absolute atomic E-state index is 12.9. The quantitative estimate of drug-likeness (QED) is 0.535. The van der Waals surface area contributed by atoms with Crippen molar-refractivity contribution in [3.05, 3.63) is 59.7 Å². The van der Waals surface area contributed by atoms with E-state index in [-0.39, 0.29) is 36.9 Å². The molecule has 1 spiro atoms. The molecule has 3 fully saturated rings. The van der Waals surface area contributed by atoms with Crippen molar-refractivity contribution in [3.8, 4) is 11.1 Å². The Labute approximate surface area is 204 Å². The molecule has 7 nitrogen and oxygen atoms in total. The number of carbonyl (C=O) groups excluding carboxylic acids is 2. The Bertz CT molecular complexity index is 1170. The largest absolute Gasteiger partial charge is 0.481 e. The molecular formula is C28H30N2O5. The molecule has 1 unspecified atom stereocenters.